The summed E-state index contributed by atoms with van der Waals surface area (Å²) in [5.41, 5.74) is 6.45. The lowest BCUT2D eigenvalue weighted by Gasteiger charge is -2.24. The van der Waals surface area contributed by atoms with Crippen LogP contribution in [0.3, 0.4) is 0 Å². The van der Waals surface area contributed by atoms with Gasteiger partial charge < -0.3 is 16.2 Å². The van der Waals surface area contributed by atoms with Crippen molar-refractivity contribution in [3.8, 4) is 0 Å². The molecule has 0 fully saturated rings. The molecule has 1 heterocycles. The Morgan fingerprint density at radius 2 is 2.14 bits per heavy atom. The SMILES string of the molecule is CC(C)(CCCO)CNC(=O)c1cc2cc(N)ccc2s1. The van der Waals surface area contributed by atoms with Crippen molar-refractivity contribution in [3.05, 3.63) is 29.1 Å². The molecule has 0 aliphatic carbocycles. The summed E-state index contributed by atoms with van der Waals surface area (Å²) in [6.45, 7) is 4.97. The van der Waals surface area contributed by atoms with Crippen LogP contribution in [-0.4, -0.2) is 24.2 Å². The van der Waals surface area contributed by atoms with E-state index in [1.807, 2.05) is 24.3 Å². The monoisotopic (exact) mass is 306 g/mol. The third kappa shape index (κ3) is 4.19. The van der Waals surface area contributed by atoms with Crippen LogP contribution in [0.25, 0.3) is 10.1 Å². The number of fused-ring (bicyclic) bond motifs is 1. The minimum atomic E-state index is -0.0492. The first-order chi connectivity index (χ1) is 9.91. The van der Waals surface area contributed by atoms with Crippen LogP contribution in [0.4, 0.5) is 5.69 Å². The summed E-state index contributed by atoms with van der Waals surface area (Å²) < 4.78 is 1.06. The van der Waals surface area contributed by atoms with Crippen LogP contribution in [-0.2, 0) is 0 Å². The molecule has 0 radical (unpaired) electrons. The molecular weight excluding hydrogens is 284 g/mol. The fourth-order valence-corrected chi connectivity index (χ4v) is 3.19. The van der Waals surface area contributed by atoms with Gasteiger partial charge in [0.1, 0.15) is 0 Å². The minimum absolute atomic E-state index is 0.0144. The first kappa shape index (κ1) is 15.8. The number of rotatable bonds is 6. The zero-order chi connectivity index (χ0) is 15.5. The van der Waals surface area contributed by atoms with E-state index in [2.05, 4.69) is 19.2 Å². The van der Waals surface area contributed by atoms with Gasteiger partial charge in [-0.25, -0.2) is 0 Å². The number of carbonyl (C=O) groups is 1. The van der Waals surface area contributed by atoms with E-state index in [9.17, 15) is 4.79 Å². The maximum Gasteiger partial charge on any atom is 0.261 e. The summed E-state index contributed by atoms with van der Waals surface area (Å²) >= 11 is 1.47. The molecule has 1 aromatic heterocycles. The number of nitrogen functional groups attached to an aromatic ring is 1. The predicted molar refractivity (Wildman–Crippen MR) is 88.7 cm³/mol. The van der Waals surface area contributed by atoms with Gasteiger partial charge in [0.25, 0.3) is 5.91 Å². The van der Waals surface area contributed by atoms with Gasteiger partial charge in [-0.2, -0.15) is 0 Å². The van der Waals surface area contributed by atoms with Gasteiger partial charge in [0.15, 0.2) is 0 Å². The quantitative estimate of drug-likeness (QED) is 0.718. The molecular formula is C16H22N2O2S. The highest BCUT2D eigenvalue weighted by Gasteiger charge is 2.19. The van der Waals surface area contributed by atoms with Crippen molar-refractivity contribution in [3.63, 3.8) is 0 Å². The lowest BCUT2D eigenvalue weighted by Crippen LogP contribution is -2.33. The molecule has 0 saturated heterocycles. The average molecular weight is 306 g/mol. The Bertz CT molecular complexity index is 634. The number of carbonyl (C=O) groups excluding carboxylic acids is 1. The molecule has 2 aromatic rings. The first-order valence-corrected chi connectivity index (χ1v) is 7.91. The maximum absolute atomic E-state index is 12.2. The molecule has 5 heteroatoms. The standard InChI is InChI=1S/C16H22N2O2S/c1-16(2,6-3-7-19)10-18-15(20)14-9-11-8-12(17)4-5-13(11)21-14/h4-5,8-9,19H,3,6-7,10,17H2,1-2H3,(H,18,20). The minimum Gasteiger partial charge on any atom is -0.399 e. The molecule has 114 valence electrons. The first-order valence-electron chi connectivity index (χ1n) is 7.09. The van der Waals surface area contributed by atoms with Gasteiger partial charge in [-0.1, -0.05) is 13.8 Å². The zero-order valence-corrected chi connectivity index (χ0v) is 13.3. The van der Waals surface area contributed by atoms with E-state index in [0.717, 1.165) is 22.9 Å². The smallest absolute Gasteiger partial charge is 0.261 e. The fraction of sp³-hybridized carbons (Fsp3) is 0.438. The lowest BCUT2D eigenvalue weighted by molar-refractivity contribution is 0.0937. The Morgan fingerprint density at radius 3 is 2.86 bits per heavy atom. The zero-order valence-electron chi connectivity index (χ0n) is 12.5. The van der Waals surface area contributed by atoms with E-state index in [0.29, 0.717) is 17.1 Å². The van der Waals surface area contributed by atoms with Gasteiger partial charge in [-0.05, 0) is 47.9 Å². The number of aliphatic hydroxyl groups excluding tert-OH is 1. The maximum atomic E-state index is 12.2. The lowest BCUT2D eigenvalue weighted by atomic mass is 9.88. The van der Waals surface area contributed by atoms with Crippen molar-refractivity contribution in [1.29, 1.82) is 0 Å². The van der Waals surface area contributed by atoms with Gasteiger partial charge in [0, 0.05) is 23.5 Å². The molecule has 2 rings (SSSR count). The molecule has 0 aliphatic heterocycles. The summed E-state index contributed by atoms with van der Waals surface area (Å²) in [6, 6.07) is 7.55. The molecule has 0 saturated carbocycles. The summed E-state index contributed by atoms with van der Waals surface area (Å²) in [7, 11) is 0. The van der Waals surface area contributed by atoms with E-state index in [1.165, 1.54) is 11.3 Å². The van der Waals surface area contributed by atoms with Crippen LogP contribution in [0.1, 0.15) is 36.4 Å². The van der Waals surface area contributed by atoms with Gasteiger partial charge in [-0.3, -0.25) is 4.79 Å². The van der Waals surface area contributed by atoms with E-state index < -0.39 is 0 Å². The Labute approximate surface area is 129 Å². The predicted octanol–water partition coefficient (Wildman–Crippen LogP) is 3.01. The number of amides is 1. The second-order valence-corrected chi connectivity index (χ2v) is 7.17. The van der Waals surface area contributed by atoms with E-state index in [-0.39, 0.29) is 17.9 Å². The highest BCUT2D eigenvalue weighted by molar-refractivity contribution is 7.20. The van der Waals surface area contributed by atoms with E-state index in [1.54, 1.807) is 0 Å². The van der Waals surface area contributed by atoms with Crippen molar-refractivity contribution in [2.75, 3.05) is 18.9 Å². The largest absolute Gasteiger partial charge is 0.399 e. The van der Waals surface area contributed by atoms with Gasteiger partial charge in [-0.15, -0.1) is 11.3 Å². The van der Waals surface area contributed by atoms with Crippen molar-refractivity contribution in [1.82, 2.24) is 5.32 Å². The topological polar surface area (TPSA) is 75.3 Å². The fourth-order valence-electron chi connectivity index (χ4n) is 2.23. The molecule has 1 amide bonds. The number of anilines is 1. The molecule has 0 unspecified atom stereocenters. The molecule has 0 bridgehead atoms. The number of thiophene rings is 1. The second-order valence-electron chi connectivity index (χ2n) is 6.08. The number of hydrogen-bond acceptors (Lipinski definition) is 4. The number of hydrogen-bond donors (Lipinski definition) is 3. The van der Waals surface area contributed by atoms with Crippen LogP contribution in [0.2, 0.25) is 0 Å². The Morgan fingerprint density at radius 1 is 1.38 bits per heavy atom. The third-order valence-corrected chi connectivity index (χ3v) is 4.62. The molecule has 4 N–H and O–H groups in total. The highest BCUT2D eigenvalue weighted by Crippen LogP contribution is 2.27. The van der Waals surface area contributed by atoms with Gasteiger partial charge in [0.05, 0.1) is 4.88 Å². The molecule has 0 spiro atoms. The van der Waals surface area contributed by atoms with Crippen LogP contribution in [0.5, 0.6) is 0 Å². The summed E-state index contributed by atoms with van der Waals surface area (Å²) in [4.78, 5) is 12.9. The second kappa shape index (κ2) is 6.45. The molecule has 0 aliphatic rings. The summed E-state index contributed by atoms with van der Waals surface area (Å²) in [5, 5.41) is 12.9. The van der Waals surface area contributed by atoms with Gasteiger partial charge >= 0.3 is 0 Å². The number of benzene rings is 1. The Kier molecular flexibility index (Phi) is 4.85. The number of nitrogens with two attached hydrogens (primary N) is 1. The number of aliphatic hydroxyl groups is 1. The number of nitrogens with one attached hydrogen (secondary N) is 1. The molecule has 0 atom stereocenters. The van der Waals surface area contributed by atoms with Crippen molar-refractivity contribution in [2.45, 2.75) is 26.7 Å². The summed E-state index contributed by atoms with van der Waals surface area (Å²) in [6.07, 6.45) is 1.64. The van der Waals surface area contributed by atoms with Crippen molar-refractivity contribution >= 4 is 33.0 Å². The highest BCUT2D eigenvalue weighted by atomic mass is 32.1. The van der Waals surface area contributed by atoms with Crippen LogP contribution in [0.15, 0.2) is 24.3 Å². The van der Waals surface area contributed by atoms with E-state index >= 15 is 0 Å². The Hall–Kier alpha value is -1.59. The van der Waals surface area contributed by atoms with Crippen molar-refractivity contribution < 1.29 is 9.90 Å². The third-order valence-electron chi connectivity index (χ3n) is 3.50. The summed E-state index contributed by atoms with van der Waals surface area (Å²) in [5.74, 6) is -0.0492. The van der Waals surface area contributed by atoms with Crippen LogP contribution >= 0.6 is 11.3 Å². The normalized spacial score (nSPS) is 11.8. The van der Waals surface area contributed by atoms with Crippen LogP contribution in [0, 0.1) is 5.41 Å². The van der Waals surface area contributed by atoms with Crippen LogP contribution < -0.4 is 11.1 Å². The molecule has 21 heavy (non-hydrogen) atoms. The average Bonchev–Trinajstić information content (AvgIpc) is 2.85. The van der Waals surface area contributed by atoms with Gasteiger partial charge in [0.2, 0.25) is 0 Å². The van der Waals surface area contributed by atoms with E-state index in [4.69, 9.17) is 10.8 Å². The molecule has 1 aromatic carbocycles. The Balaban J connectivity index is 2.02. The van der Waals surface area contributed by atoms with Crippen molar-refractivity contribution in [2.24, 2.45) is 5.41 Å². The molecule has 4 nitrogen and oxygen atoms in total.